The van der Waals surface area contributed by atoms with E-state index in [0.717, 1.165) is 25.7 Å². The molecule has 0 fully saturated rings. The molecular formula is C23H24O8S2. The highest BCUT2D eigenvalue weighted by molar-refractivity contribution is 7.81. The number of terminal acetylenes is 1. The molecule has 0 radical (unpaired) electrons. The minimum atomic E-state index is -4.91. The summed E-state index contributed by atoms with van der Waals surface area (Å²) in [7, 11) is -9.74. The van der Waals surface area contributed by atoms with E-state index in [-0.39, 0.29) is 0 Å². The fourth-order valence-electron chi connectivity index (χ4n) is 1.88. The summed E-state index contributed by atoms with van der Waals surface area (Å²) in [6.45, 7) is -0.954. The number of allylic oxidation sites excluding steroid dienone is 4. The second-order valence-corrected chi connectivity index (χ2v) is 8.12. The molecule has 8 nitrogen and oxygen atoms in total. The maximum absolute atomic E-state index is 10.7. The molecule has 0 aromatic heterocycles. The van der Waals surface area contributed by atoms with Gasteiger partial charge in [-0.3, -0.25) is 9.11 Å². The first-order valence-corrected chi connectivity index (χ1v) is 12.4. The predicted molar refractivity (Wildman–Crippen MR) is 124 cm³/mol. The summed E-state index contributed by atoms with van der Waals surface area (Å²) in [6.07, 6.45) is 16.6. The van der Waals surface area contributed by atoms with E-state index in [1.54, 1.807) is 12.2 Å². The van der Waals surface area contributed by atoms with Gasteiger partial charge in [-0.25, -0.2) is 8.37 Å². The van der Waals surface area contributed by atoms with Crippen LogP contribution in [-0.2, 0) is 29.2 Å². The molecule has 0 saturated heterocycles. The van der Waals surface area contributed by atoms with E-state index in [4.69, 9.17) is 15.5 Å². The summed E-state index contributed by atoms with van der Waals surface area (Å²) >= 11 is 0. The average Bonchev–Trinajstić information content (AvgIpc) is 2.72. The van der Waals surface area contributed by atoms with E-state index < -0.39 is 33.5 Å². The summed E-state index contributed by atoms with van der Waals surface area (Å²) in [5.41, 5.74) is 0. The van der Waals surface area contributed by atoms with Crippen LogP contribution >= 0.6 is 0 Å². The summed E-state index contributed by atoms with van der Waals surface area (Å²) in [5.74, 6) is 23.1. The van der Waals surface area contributed by atoms with Crippen molar-refractivity contribution < 1.29 is 34.3 Å². The largest absolute Gasteiger partial charge is 0.398 e. The molecule has 33 heavy (non-hydrogen) atoms. The highest BCUT2D eigenvalue weighted by Gasteiger charge is 2.18. The number of rotatable bonds is 12. The third-order valence-electron chi connectivity index (χ3n) is 3.22. The second-order valence-electron chi connectivity index (χ2n) is 5.98. The van der Waals surface area contributed by atoms with Gasteiger partial charge in [0.2, 0.25) is 0 Å². The summed E-state index contributed by atoms with van der Waals surface area (Å²) < 4.78 is 67.6. The molecule has 1 unspecified atom stereocenters. The molecule has 0 aromatic rings. The average molecular weight is 493 g/mol. The van der Waals surface area contributed by atoms with Gasteiger partial charge in [0.15, 0.2) is 6.10 Å². The molecule has 0 rings (SSSR count). The molecule has 0 aliphatic rings. The zero-order valence-electron chi connectivity index (χ0n) is 17.8. The Kier molecular flexibility index (Phi) is 16.9. The maximum Gasteiger partial charge on any atom is 0.398 e. The molecular weight excluding hydrogens is 468 g/mol. The topological polar surface area (TPSA) is 127 Å². The maximum atomic E-state index is 10.7. The molecule has 0 saturated carbocycles. The van der Waals surface area contributed by atoms with Gasteiger partial charge in [-0.05, 0) is 67.9 Å². The Labute approximate surface area is 196 Å². The van der Waals surface area contributed by atoms with Gasteiger partial charge in [-0.2, -0.15) is 16.8 Å². The van der Waals surface area contributed by atoms with Crippen LogP contribution in [0.2, 0.25) is 0 Å². The second kappa shape index (κ2) is 18.6. The number of hydrogen-bond acceptors (Lipinski definition) is 6. The Balaban J connectivity index is 4.22. The molecule has 1 atom stereocenters. The van der Waals surface area contributed by atoms with Crippen LogP contribution in [0.1, 0.15) is 44.9 Å². The first-order chi connectivity index (χ1) is 15.6. The van der Waals surface area contributed by atoms with E-state index in [0.29, 0.717) is 19.3 Å². The van der Waals surface area contributed by atoms with Crippen LogP contribution in [0.4, 0.5) is 0 Å². The van der Waals surface area contributed by atoms with Crippen molar-refractivity contribution in [1.82, 2.24) is 0 Å². The van der Waals surface area contributed by atoms with Crippen LogP contribution in [-0.4, -0.2) is 38.7 Å². The quantitative estimate of drug-likeness (QED) is 0.242. The number of unbranched alkanes of at least 4 members (excludes halogenated alkanes) is 5. The Morgan fingerprint density at radius 2 is 1.42 bits per heavy atom. The van der Waals surface area contributed by atoms with Gasteiger partial charge in [-0.1, -0.05) is 41.8 Å². The molecule has 0 amide bonds. The molecule has 0 heterocycles. The van der Waals surface area contributed by atoms with Crippen LogP contribution in [0, 0.1) is 59.7 Å². The molecule has 2 N–H and O–H groups in total. The Bertz CT molecular complexity index is 1160. The summed E-state index contributed by atoms with van der Waals surface area (Å²) in [4.78, 5) is 0. The minimum Gasteiger partial charge on any atom is -0.264 e. The van der Waals surface area contributed by atoms with Crippen LogP contribution in [0.5, 0.6) is 0 Å². The van der Waals surface area contributed by atoms with E-state index in [2.05, 4.69) is 61.7 Å². The van der Waals surface area contributed by atoms with Crippen molar-refractivity contribution in [1.29, 1.82) is 0 Å². The lowest BCUT2D eigenvalue weighted by Crippen LogP contribution is -2.23. The van der Waals surface area contributed by atoms with E-state index >= 15 is 0 Å². The van der Waals surface area contributed by atoms with E-state index in [9.17, 15) is 16.8 Å². The first-order valence-electron chi connectivity index (χ1n) is 9.64. The summed E-state index contributed by atoms with van der Waals surface area (Å²) in [5, 5.41) is 0. The van der Waals surface area contributed by atoms with Gasteiger partial charge in [0.05, 0.1) is 0 Å². The van der Waals surface area contributed by atoms with Crippen molar-refractivity contribution in [3.63, 3.8) is 0 Å². The third-order valence-corrected chi connectivity index (χ3v) is 4.13. The molecule has 0 aromatic carbocycles. The Morgan fingerprint density at radius 1 is 0.818 bits per heavy atom. The van der Waals surface area contributed by atoms with Crippen molar-refractivity contribution in [2.75, 3.05) is 6.61 Å². The van der Waals surface area contributed by atoms with Crippen LogP contribution < -0.4 is 0 Å². The van der Waals surface area contributed by atoms with Gasteiger partial charge >= 0.3 is 20.8 Å². The van der Waals surface area contributed by atoms with Crippen LogP contribution in [0.3, 0.4) is 0 Å². The van der Waals surface area contributed by atoms with Crippen molar-refractivity contribution in [2.45, 2.75) is 51.0 Å². The van der Waals surface area contributed by atoms with Crippen LogP contribution in [0.25, 0.3) is 0 Å². The lowest BCUT2D eigenvalue weighted by atomic mass is 10.2. The third kappa shape index (κ3) is 25.2. The van der Waals surface area contributed by atoms with Gasteiger partial charge in [0.25, 0.3) is 0 Å². The van der Waals surface area contributed by atoms with Crippen molar-refractivity contribution in [3.05, 3.63) is 24.3 Å². The molecule has 176 valence electrons. The molecule has 0 spiro atoms. The highest BCUT2D eigenvalue weighted by Crippen LogP contribution is 2.01. The molecule has 0 aliphatic heterocycles. The van der Waals surface area contributed by atoms with Gasteiger partial charge in [0.1, 0.15) is 6.61 Å². The smallest absolute Gasteiger partial charge is 0.264 e. The zero-order valence-corrected chi connectivity index (χ0v) is 19.4. The standard InChI is InChI=1S/C23H24O8S2/c1-2-3-4-5-6-7-8-9-10-11-12-13-14-15-16-17-18-19-20-21-23(31-33(27,28)29)22-30-32(24,25)26/h1,3-4,9-10,23H,5-8,15-17,22H2,(H,24,25,26)(H,27,28,29)/b4-3+,10-9+. The predicted octanol–water partition coefficient (Wildman–Crippen LogP) is 2.48. The molecule has 10 heteroatoms. The number of hydrogen-bond donors (Lipinski definition) is 2. The normalized spacial score (nSPS) is 11.7. The fraction of sp³-hybridized carbons (Fsp3) is 0.391. The van der Waals surface area contributed by atoms with Crippen molar-refractivity contribution >= 4 is 20.8 Å². The fourth-order valence-corrected chi connectivity index (χ4v) is 2.57. The van der Waals surface area contributed by atoms with Crippen LogP contribution in [0.15, 0.2) is 24.3 Å². The minimum absolute atomic E-state index is 0.457. The van der Waals surface area contributed by atoms with Gasteiger partial charge in [-0.15, -0.1) is 6.42 Å². The van der Waals surface area contributed by atoms with Gasteiger partial charge in [0, 0.05) is 12.8 Å². The van der Waals surface area contributed by atoms with Crippen molar-refractivity contribution in [2.24, 2.45) is 0 Å². The molecule has 0 bridgehead atoms. The lowest BCUT2D eigenvalue weighted by Gasteiger charge is -2.07. The first kappa shape index (κ1) is 30.0. The highest BCUT2D eigenvalue weighted by atomic mass is 32.3. The lowest BCUT2D eigenvalue weighted by molar-refractivity contribution is 0.151. The molecule has 0 aliphatic carbocycles. The zero-order chi connectivity index (χ0) is 24.8. The SMILES string of the molecule is C#C/C=C/CCCC/C=C/C#CC#CCCCC#CC#CC(COS(=O)(=O)O)OS(=O)(=O)O. The summed E-state index contributed by atoms with van der Waals surface area (Å²) in [6, 6.07) is 0. The Morgan fingerprint density at radius 3 is 2.00 bits per heavy atom. The van der Waals surface area contributed by atoms with Gasteiger partial charge < -0.3 is 0 Å². The van der Waals surface area contributed by atoms with E-state index in [1.165, 1.54) is 0 Å². The Hall–Kier alpha value is -2.98. The van der Waals surface area contributed by atoms with Crippen molar-refractivity contribution in [3.8, 4) is 59.7 Å². The monoisotopic (exact) mass is 492 g/mol. The van der Waals surface area contributed by atoms with E-state index in [1.807, 2.05) is 12.2 Å².